The number of hydrogen-bond donors (Lipinski definition) is 2. The van der Waals surface area contributed by atoms with E-state index in [1.165, 1.54) is 25.1 Å². The highest BCUT2D eigenvalue weighted by Gasteiger charge is 2.36. The summed E-state index contributed by atoms with van der Waals surface area (Å²) in [7, 11) is 1.35. The molecule has 1 aliphatic rings. The van der Waals surface area contributed by atoms with Gasteiger partial charge in [-0.1, -0.05) is 6.92 Å². The van der Waals surface area contributed by atoms with Crippen molar-refractivity contribution in [3.8, 4) is 0 Å². The normalized spacial score (nSPS) is 17.3. The highest BCUT2D eigenvalue weighted by atomic mass is 32.1. The summed E-state index contributed by atoms with van der Waals surface area (Å²) in [5.74, 6) is -0.181. The van der Waals surface area contributed by atoms with Crippen molar-refractivity contribution in [1.29, 1.82) is 0 Å². The molecule has 1 aromatic heterocycles. The zero-order valence-corrected chi connectivity index (χ0v) is 10.9. The number of anilines is 2. The van der Waals surface area contributed by atoms with Crippen molar-refractivity contribution in [3.63, 3.8) is 0 Å². The number of rotatable bonds is 4. The van der Waals surface area contributed by atoms with Gasteiger partial charge in [0.1, 0.15) is 10.6 Å². The van der Waals surface area contributed by atoms with Crippen LogP contribution in [-0.4, -0.2) is 23.0 Å². The Morgan fingerprint density at radius 2 is 2.35 bits per heavy atom. The molecule has 2 rings (SSSR count). The molecule has 3 N–H and O–H groups in total. The van der Waals surface area contributed by atoms with Gasteiger partial charge in [-0.15, -0.1) is 0 Å². The molecule has 0 bridgehead atoms. The van der Waals surface area contributed by atoms with Crippen LogP contribution in [0.2, 0.25) is 0 Å². The van der Waals surface area contributed by atoms with Crippen LogP contribution in [0.1, 0.15) is 43.0 Å². The summed E-state index contributed by atoms with van der Waals surface area (Å²) in [6.45, 7) is 2.15. The number of nitrogens with one attached hydrogen (secondary N) is 1. The zero-order valence-electron chi connectivity index (χ0n) is 10.1. The Morgan fingerprint density at radius 3 is 2.82 bits per heavy atom. The summed E-state index contributed by atoms with van der Waals surface area (Å²) in [6.07, 6.45) is 4.51. The zero-order chi connectivity index (χ0) is 12.5. The number of nitrogens with zero attached hydrogens (tertiary/aromatic N) is 1. The maximum atomic E-state index is 11.6. The van der Waals surface area contributed by atoms with Gasteiger partial charge in [0, 0.05) is 5.54 Å². The first-order valence-electron chi connectivity index (χ1n) is 5.73. The average Bonchev–Trinajstić information content (AvgIpc) is 2.64. The minimum Gasteiger partial charge on any atom is -0.465 e. The number of nitrogens with two attached hydrogens (primary N) is 1. The monoisotopic (exact) mass is 255 g/mol. The molecule has 6 heteroatoms. The Morgan fingerprint density at radius 1 is 1.65 bits per heavy atom. The number of ether oxygens (including phenoxy) is 1. The smallest absolute Gasteiger partial charge is 0.344 e. The first-order valence-corrected chi connectivity index (χ1v) is 6.51. The maximum Gasteiger partial charge on any atom is 0.344 e. The van der Waals surface area contributed by atoms with Crippen LogP contribution in [-0.2, 0) is 4.74 Å². The summed E-state index contributed by atoms with van der Waals surface area (Å²) >= 11 is 1.22. The van der Waals surface area contributed by atoms with Crippen LogP contribution in [0, 0.1) is 0 Å². The lowest BCUT2D eigenvalue weighted by atomic mass is 9.75. The highest BCUT2D eigenvalue weighted by Crippen LogP contribution is 2.40. The van der Waals surface area contributed by atoms with E-state index in [0.717, 1.165) is 24.3 Å². The molecule has 0 spiro atoms. The quantitative estimate of drug-likeness (QED) is 0.807. The number of carbonyl (C=O) groups is 1. The molecule has 0 saturated heterocycles. The number of nitrogen functional groups attached to an aromatic ring is 1. The fourth-order valence-electron chi connectivity index (χ4n) is 2.10. The molecule has 94 valence electrons. The second-order valence-electron chi connectivity index (χ2n) is 4.38. The largest absolute Gasteiger partial charge is 0.465 e. The van der Waals surface area contributed by atoms with Crippen molar-refractivity contribution in [1.82, 2.24) is 4.37 Å². The predicted molar refractivity (Wildman–Crippen MR) is 68.4 cm³/mol. The number of carbonyl (C=O) groups excluding carboxylic acids is 1. The van der Waals surface area contributed by atoms with Gasteiger partial charge >= 0.3 is 5.97 Å². The fourth-order valence-corrected chi connectivity index (χ4v) is 2.92. The topological polar surface area (TPSA) is 77.2 Å². The van der Waals surface area contributed by atoms with E-state index in [9.17, 15) is 4.79 Å². The van der Waals surface area contributed by atoms with Gasteiger partial charge in [-0.3, -0.25) is 0 Å². The first-order chi connectivity index (χ1) is 8.12. The van der Waals surface area contributed by atoms with Crippen molar-refractivity contribution < 1.29 is 9.53 Å². The standard InChI is InChI=1S/C11H17N3O2S/c1-3-11(5-4-6-11)13-9-7(10(15)16-2)8(12)14-17-9/h13H,3-6H2,1-2H3,(H2,12,14). The van der Waals surface area contributed by atoms with Crippen LogP contribution in [0.4, 0.5) is 10.8 Å². The third kappa shape index (κ3) is 2.09. The van der Waals surface area contributed by atoms with E-state index in [-0.39, 0.29) is 11.4 Å². The van der Waals surface area contributed by atoms with Gasteiger partial charge < -0.3 is 15.8 Å². The third-order valence-electron chi connectivity index (χ3n) is 3.47. The van der Waals surface area contributed by atoms with Crippen LogP contribution < -0.4 is 11.1 Å². The molecule has 0 atom stereocenters. The molecule has 1 aromatic rings. The van der Waals surface area contributed by atoms with Crippen molar-refractivity contribution in [3.05, 3.63) is 5.56 Å². The van der Waals surface area contributed by atoms with E-state index in [1.807, 2.05) is 0 Å². The van der Waals surface area contributed by atoms with Crippen molar-refractivity contribution in [2.45, 2.75) is 38.1 Å². The van der Waals surface area contributed by atoms with Crippen molar-refractivity contribution in [2.24, 2.45) is 0 Å². The molecular weight excluding hydrogens is 238 g/mol. The molecule has 1 saturated carbocycles. The van der Waals surface area contributed by atoms with Crippen LogP contribution in [0.25, 0.3) is 0 Å². The number of hydrogen-bond acceptors (Lipinski definition) is 6. The van der Waals surface area contributed by atoms with E-state index in [1.54, 1.807) is 0 Å². The van der Waals surface area contributed by atoms with E-state index >= 15 is 0 Å². The summed E-state index contributed by atoms with van der Waals surface area (Å²) in [6, 6.07) is 0. The SMILES string of the molecule is CCC1(Nc2snc(N)c2C(=O)OC)CCC1. The van der Waals surface area contributed by atoms with Crippen LogP contribution in [0.5, 0.6) is 0 Å². The Kier molecular flexibility index (Phi) is 3.24. The summed E-state index contributed by atoms with van der Waals surface area (Å²) in [4.78, 5) is 11.6. The molecule has 1 aliphatic carbocycles. The van der Waals surface area contributed by atoms with Crippen LogP contribution in [0.15, 0.2) is 0 Å². The third-order valence-corrected chi connectivity index (χ3v) is 4.25. The van der Waals surface area contributed by atoms with E-state index in [0.29, 0.717) is 5.56 Å². The van der Waals surface area contributed by atoms with Crippen molar-refractivity contribution in [2.75, 3.05) is 18.2 Å². The lowest BCUT2D eigenvalue weighted by Crippen LogP contribution is -2.44. The first kappa shape index (κ1) is 12.2. The molecule has 0 unspecified atom stereocenters. The van der Waals surface area contributed by atoms with Gasteiger partial charge in [0.15, 0.2) is 5.82 Å². The Labute approximate surface area is 105 Å². The molecule has 1 heterocycles. The highest BCUT2D eigenvalue weighted by molar-refractivity contribution is 7.11. The summed E-state index contributed by atoms with van der Waals surface area (Å²) < 4.78 is 8.74. The average molecular weight is 255 g/mol. The molecule has 1 fully saturated rings. The van der Waals surface area contributed by atoms with Crippen molar-refractivity contribution >= 4 is 28.3 Å². The number of esters is 1. The number of methoxy groups -OCH3 is 1. The Balaban J connectivity index is 2.24. The van der Waals surface area contributed by atoms with Gasteiger partial charge in [-0.2, -0.15) is 4.37 Å². The summed E-state index contributed by atoms with van der Waals surface area (Å²) in [5.41, 5.74) is 6.18. The van der Waals surface area contributed by atoms with Gasteiger partial charge in [0.25, 0.3) is 0 Å². The van der Waals surface area contributed by atoms with E-state index in [2.05, 4.69) is 16.6 Å². The van der Waals surface area contributed by atoms with Gasteiger partial charge in [-0.05, 0) is 37.2 Å². The van der Waals surface area contributed by atoms with E-state index < -0.39 is 5.97 Å². The van der Waals surface area contributed by atoms with E-state index in [4.69, 9.17) is 10.5 Å². The second-order valence-corrected chi connectivity index (χ2v) is 5.15. The van der Waals surface area contributed by atoms with Crippen LogP contribution >= 0.6 is 11.5 Å². The molecule has 0 amide bonds. The summed E-state index contributed by atoms with van der Waals surface area (Å²) in [5, 5.41) is 4.15. The second kappa shape index (κ2) is 4.52. The van der Waals surface area contributed by atoms with Gasteiger partial charge in [0.2, 0.25) is 0 Å². The lowest BCUT2D eigenvalue weighted by Gasteiger charge is -2.42. The molecule has 0 radical (unpaired) electrons. The number of aromatic nitrogens is 1. The molecule has 0 aliphatic heterocycles. The molecule has 0 aromatic carbocycles. The Hall–Kier alpha value is -1.30. The lowest BCUT2D eigenvalue weighted by molar-refractivity contribution is 0.0603. The molecule has 5 nitrogen and oxygen atoms in total. The fraction of sp³-hybridized carbons (Fsp3) is 0.636. The van der Waals surface area contributed by atoms with Gasteiger partial charge in [0.05, 0.1) is 7.11 Å². The Bertz CT molecular complexity index is 421. The molecular formula is C11H17N3O2S. The molecule has 17 heavy (non-hydrogen) atoms. The van der Waals surface area contributed by atoms with Crippen LogP contribution in [0.3, 0.4) is 0 Å². The minimum absolute atomic E-state index is 0.113. The van der Waals surface area contributed by atoms with Gasteiger partial charge in [-0.25, -0.2) is 4.79 Å². The maximum absolute atomic E-state index is 11.6. The minimum atomic E-state index is -0.427. The predicted octanol–water partition coefficient (Wildman–Crippen LogP) is 2.26.